The molecule has 1 aliphatic carbocycles. The van der Waals surface area contributed by atoms with Crippen LogP contribution in [0.2, 0.25) is 5.02 Å². The number of hydrogen-bond donors (Lipinski definition) is 1. The van der Waals surface area contributed by atoms with Crippen LogP contribution in [0.15, 0.2) is 39.8 Å². The lowest BCUT2D eigenvalue weighted by Crippen LogP contribution is -2.53. The fraction of sp³-hybridized carbons (Fsp3) is 0.524. The molecule has 1 aliphatic heterocycles. The van der Waals surface area contributed by atoms with Crippen LogP contribution in [0.1, 0.15) is 29.9 Å². The van der Waals surface area contributed by atoms with E-state index in [1.807, 2.05) is 32.2 Å². The predicted octanol–water partition coefficient (Wildman–Crippen LogP) is 3.06. The lowest BCUT2D eigenvalue weighted by molar-refractivity contribution is 0.169. The summed E-state index contributed by atoms with van der Waals surface area (Å²) in [4.78, 5) is 9.28. The summed E-state index contributed by atoms with van der Waals surface area (Å²) in [6.07, 6.45) is 2.39. The zero-order valence-electron chi connectivity index (χ0n) is 16.6. The molecule has 0 spiro atoms. The maximum Gasteiger partial charge on any atom is 0.193 e. The van der Waals surface area contributed by atoms with Gasteiger partial charge in [-0.05, 0) is 37.5 Å². The number of aliphatic imine (C=N–C) groups is 1. The van der Waals surface area contributed by atoms with Crippen molar-refractivity contribution >= 4 is 17.6 Å². The zero-order chi connectivity index (χ0) is 19.6. The fourth-order valence-corrected chi connectivity index (χ4v) is 4.15. The van der Waals surface area contributed by atoms with Crippen molar-refractivity contribution in [3.05, 3.63) is 52.4 Å². The largest absolute Gasteiger partial charge is 0.361 e. The monoisotopic (exact) mass is 401 g/mol. The van der Waals surface area contributed by atoms with Crippen LogP contribution in [0, 0.1) is 6.92 Å². The number of piperazine rings is 1. The fourth-order valence-electron chi connectivity index (χ4n) is 3.96. The first-order valence-corrected chi connectivity index (χ1v) is 10.3. The minimum Gasteiger partial charge on any atom is -0.361 e. The van der Waals surface area contributed by atoms with Crippen LogP contribution in [-0.4, -0.2) is 60.7 Å². The Bertz CT molecular complexity index is 837. The molecule has 7 heteroatoms. The van der Waals surface area contributed by atoms with E-state index in [4.69, 9.17) is 16.1 Å². The number of hydrogen-bond acceptors (Lipinski definition) is 4. The molecule has 6 nitrogen and oxygen atoms in total. The minimum atomic E-state index is 0.202. The Kier molecular flexibility index (Phi) is 5.60. The average molecular weight is 402 g/mol. The van der Waals surface area contributed by atoms with Crippen LogP contribution in [0.4, 0.5) is 0 Å². The molecule has 0 atom stereocenters. The molecule has 0 bridgehead atoms. The molecule has 2 heterocycles. The zero-order valence-corrected chi connectivity index (χ0v) is 17.4. The number of guanidine groups is 1. The van der Waals surface area contributed by atoms with E-state index in [2.05, 4.69) is 37.4 Å². The van der Waals surface area contributed by atoms with Crippen molar-refractivity contribution in [2.45, 2.75) is 31.7 Å². The standard InChI is InChI=1S/C21H28ClN5O/c1-16-12-19(25-28-16)14-26-8-10-27(11-9-26)20(23-2)24-15-21(6-7-21)17-4-3-5-18(22)13-17/h3-5,12-13H,6-11,14-15H2,1-2H3,(H,23,24). The van der Waals surface area contributed by atoms with Crippen LogP contribution in [0.3, 0.4) is 0 Å². The predicted molar refractivity (Wildman–Crippen MR) is 112 cm³/mol. The van der Waals surface area contributed by atoms with Crippen LogP contribution >= 0.6 is 11.6 Å². The van der Waals surface area contributed by atoms with Crippen molar-refractivity contribution in [1.29, 1.82) is 0 Å². The Balaban J connectivity index is 1.29. The normalized spacial score (nSPS) is 19.7. The minimum absolute atomic E-state index is 0.202. The van der Waals surface area contributed by atoms with Gasteiger partial charge in [0.15, 0.2) is 5.96 Å². The van der Waals surface area contributed by atoms with Crippen LogP contribution in [0.5, 0.6) is 0 Å². The molecule has 2 aromatic rings. The Morgan fingerprint density at radius 1 is 1.25 bits per heavy atom. The molecular formula is C21H28ClN5O. The number of halogens is 1. The summed E-state index contributed by atoms with van der Waals surface area (Å²) in [7, 11) is 1.87. The van der Waals surface area contributed by atoms with E-state index in [0.29, 0.717) is 0 Å². The van der Waals surface area contributed by atoms with Crippen LogP contribution < -0.4 is 5.32 Å². The highest BCUT2D eigenvalue weighted by Gasteiger charge is 2.44. The SMILES string of the molecule is CN=C(NCC1(c2cccc(Cl)c2)CC1)N1CCN(Cc2cc(C)on2)CC1. The molecule has 1 aromatic carbocycles. The molecule has 2 fully saturated rings. The van der Waals surface area contributed by atoms with Gasteiger partial charge in [-0.25, -0.2) is 0 Å². The summed E-state index contributed by atoms with van der Waals surface area (Å²) in [5.41, 5.74) is 2.54. The second-order valence-corrected chi connectivity index (χ2v) is 8.32. The molecule has 4 rings (SSSR count). The van der Waals surface area contributed by atoms with Gasteiger partial charge in [-0.3, -0.25) is 9.89 Å². The van der Waals surface area contributed by atoms with Crippen molar-refractivity contribution in [2.75, 3.05) is 39.8 Å². The quantitative estimate of drug-likeness (QED) is 0.616. The van der Waals surface area contributed by atoms with Gasteiger partial charge in [0.1, 0.15) is 5.76 Å². The van der Waals surface area contributed by atoms with E-state index in [1.54, 1.807) is 0 Å². The van der Waals surface area contributed by atoms with Gasteiger partial charge in [0.2, 0.25) is 0 Å². The lowest BCUT2D eigenvalue weighted by Gasteiger charge is -2.36. The van der Waals surface area contributed by atoms with E-state index in [0.717, 1.165) is 61.7 Å². The number of benzene rings is 1. The van der Waals surface area contributed by atoms with Crippen molar-refractivity contribution < 1.29 is 4.52 Å². The van der Waals surface area contributed by atoms with E-state index in [-0.39, 0.29) is 5.41 Å². The highest BCUT2D eigenvalue weighted by Crippen LogP contribution is 2.48. The molecule has 28 heavy (non-hydrogen) atoms. The molecule has 1 saturated heterocycles. The summed E-state index contributed by atoms with van der Waals surface area (Å²) in [5, 5.41) is 8.53. The molecule has 150 valence electrons. The molecule has 0 unspecified atom stereocenters. The number of nitrogens with one attached hydrogen (secondary N) is 1. The van der Waals surface area contributed by atoms with E-state index in [9.17, 15) is 0 Å². The highest BCUT2D eigenvalue weighted by atomic mass is 35.5. The third-order valence-corrected chi connectivity index (χ3v) is 6.06. The van der Waals surface area contributed by atoms with Crippen LogP contribution in [-0.2, 0) is 12.0 Å². The maximum atomic E-state index is 6.20. The van der Waals surface area contributed by atoms with Crippen molar-refractivity contribution in [3.8, 4) is 0 Å². The molecule has 2 aliphatic rings. The van der Waals surface area contributed by atoms with Crippen LogP contribution in [0.25, 0.3) is 0 Å². The molecule has 1 saturated carbocycles. The summed E-state index contributed by atoms with van der Waals surface area (Å²) in [5.74, 6) is 1.86. The first-order valence-electron chi connectivity index (χ1n) is 9.94. The summed E-state index contributed by atoms with van der Waals surface area (Å²) >= 11 is 6.20. The van der Waals surface area contributed by atoms with Gasteiger partial charge in [-0.1, -0.05) is 28.9 Å². The molecule has 1 N–H and O–H groups in total. The van der Waals surface area contributed by atoms with Gasteiger partial charge in [0.25, 0.3) is 0 Å². The Morgan fingerprint density at radius 3 is 2.64 bits per heavy atom. The first kappa shape index (κ1) is 19.3. The average Bonchev–Trinajstić information content (AvgIpc) is 3.39. The number of aromatic nitrogens is 1. The van der Waals surface area contributed by atoms with Gasteiger partial charge in [-0.2, -0.15) is 0 Å². The summed E-state index contributed by atoms with van der Waals surface area (Å²) < 4.78 is 5.17. The lowest BCUT2D eigenvalue weighted by atomic mass is 9.96. The Hall–Kier alpha value is -2.05. The van der Waals surface area contributed by atoms with Gasteiger partial charge >= 0.3 is 0 Å². The topological polar surface area (TPSA) is 56.9 Å². The van der Waals surface area contributed by atoms with Crippen molar-refractivity contribution in [3.63, 3.8) is 0 Å². The number of nitrogens with zero attached hydrogens (tertiary/aromatic N) is 4. The Labute approximate surface area is 171 Å². The molecular weight excluding hydrogens is 374 g/mol. The smallest absolute Gasteiger partial charge is 0.193 e. The third kappa shape index (κ3) is 4.33. The van der Waals surface area contributed by atoms with E-state index < -0.39 is 0 Å². The highest BCUT2D eigenvalue weighted by molar-refractivity contribution is 6.30. The first-order chi connectivity index (χ1) is 13.6. The molecule has 0 amide bonds. The number of rotatable bonds is 5. The van der Waals surface area contributed by atoms with Crippen molar-refractivity contribution in [1.82, 2.24) is 20.3 Å². The van der Waals surface area contributed by atoms with E-state index in [1.165, 1.54) is 18.4 Å². The Morgan fingerprint density at radius 2 is 2.04 bits per heavy atom. The van der Waals surface area contributed by atoms with Crippen molar-refractivity contribution in [2.24, 2.45) is 4.99 Å². The van der Waals surface area contributed by atoms with E-state index >= 15 is 0 Å². The van der Waals surface area contributed by atoms with Gasteiger partial charge in [0.05, 0.1) is 5.69 Å². The molecule has 1 aromatic heterocycles. The second kappa shape index (κ2) is 8.13. The third-order valence-electron chi connectivity index (χ3n) is 5.82. The number of aryl methyl sites for hydroxylation is 1. The summed E-state index contributed by atoms with van der Waals surface area (Å²) in [6, 6.07) is 10.3. The van der Waals surface area contributed by atoms with Gasteiger partial charge < -0.3 is 14.7 Å². The van der Waals surface area contributed by atoms with Gasteiger partial charge in [0, 0.05) is 62.8 Å². The summed E-state index contributed by atoms with van der Waals surface area (Å²) in [6.45, 7) is 7.58. The molecule has 0 radical (unpaired) electrons. The van der Waals surface area contributed by atoms with Gasteiger partial charge in [-0.15, -0.1) is 0 Å². The second-order valence-electron chi connectivity index (χ2n) is 7.88. The maximum absolute atomic E-state index is 6.20.